The number of nitrogens with zero attached hydrogens (tertiary/aromatic N) is 2. The molecular weight excluding hydrogens is 352 g/mol. The number of amides is 2. The Kier molecular flexibility index (Phi) is 5.93. The molecule has 138 valence electrons. The molecule has 1 aromatic heterocycles. The molecule has 1 saturated heterocycles. The summed E-state index contributed by atoms with van der Waals surface area (Å²) in [6, 6.07) is 9.08. The van der Waals surface area contributed by atoms with Gasteiger partial charge in [-0.1, -0.05) is 30.7 Å². The number of hydrogen-bond acceptors (Lipinski definition) is 3. The fourth-order valence-electron chi connectivity index (χ4n) is 3.11. The van der Waals surface area contributed by atoms with Gasteiger partial charge in [0.1, 0.15) is 5.69 Å². The number of rotatable bonds is 5. The summed E-state index contributed by atoms with van der Waals surface area (Å²) in [5.41, 5.74) is 2.07. The number of H-pyrrole nitrogens is 1. The van der Waals surface area contributed by atoms with E-state index in [-0.39, 0.29) is 17.7 Å². The first kappa shape index (κ1) is 18.5. The smallest absolute Gasteiger partial charge is 0.271 e. The summed E-state index contributed by atoms with van der Waals surface area (Å²) in [6.07, 6.45) is 2.32. The highest BCUT2D eigenvalue weighted by molar-refractivity contribution is 6.30. The number of aromatic nitrogens is 2. The molecule has 2 aromatic rings. The van der Waals surface area contributed by atoms with Gasteiger partial charge in [0.25, 0.3) is 5.91 Å². The number of piperidine rings is 1. The first-order valence-electron chi connectivity index (χ1n) is 8.97. The summed E-state index contributed by atoms with van der Waals surface area (Å²) in [5, 5.41) is 10.6. The molecule has 0 bridgehead atoms. The van der Waals surface area contributed by atoms with Gasteiger partial charge in [0.15, 0.2) is 0 Å². The maximum absolute atomic E-state index is 12.7. The maximum Gasteiger partial charge on any atom is 0.271 e. The fourth-order valence-corrected chi connectivity index (χ4v) is 3.23. The maximum atomic E-state index is 12.7. The zero-order chi connectivity index (χ0) is 18.5. The Labute approximate surface area is 157 Å². The predicted octanol–water partition coefficient (Wildman–Crippen LogP) is 3.11. The number of likely N-dealkylation sites (tertiary alicyclic amines) is 1. The molecule has 0 radical (unpaired) electrons. The molecule has 2 heterocycles. The molecule has 0 saturated carbocycles. The van der Waals surface area contributed by atoms with Crippen LogP contribution in [0.3, 0.4) is 0 Å². The Bertz CT molecular complexity index is 764. The normalized spacial score (nSPS) is 15.1. The SMILES string of the molecule is CCCNC(=O)C1CCN(C(=O)c2cc(-c3ccc(Cl)cc3)n[nH]2)CC1. The Hall–Kier alpha value is -2.34. The fraction of sp³-hybridized carbons (Fsp3) is 0.421. The highest BCUT2D eigenvalue weighted by Crippen LogP contribution is 2.22. The third-order valence-electron chi connectivity index (χ3n) is 4.65. The van der Waals surface area contributed by atoms with E-state index in [9.17, 15) is 9.59 Å². The lowest BCUT2D eigenvalue weighted by Crippen LogP contribution is -2.43. The van der Waals surface area contributed by atoms with Crippen molar-refractivity contribution in [1.29, 1.82) is 0 Å². The molecule has 1 aliphatic heterocycles. The largest absolute Gasteiger partial charge is 0.356 e. The molecule has 0 aliphatic carbocycles. The van der Waals surface area contributed by atoms with E-state index in [1.807, 2.05) is 19.1 Å². The highest BCUT2D eigenvalue weighted by Gasteiger charge is 2.28. The lowest BCUT2D eigenvalue weighted by molar-refractivity contribution is -0.126. The number of aromatic amines is 1. The van der Waals surface area contributed by atoms with Crippen LogP contribution in [0.4, 0.5) is 0 Å². The number of halogens is 1. The van der Waals surface area contributed by atoms with Gasteiger partial charge in [-0.25, -0.2) is 0 Å². The summed E-state index contributed by atoms with van der Waals surface area (Å²) in [7, 11) is 0. The van der Waals surface area contributed by atoms with Gasteiger partial charge in [-0.3, -0.25) is 14.7 Å². The van der Waals surface area contributed by atoms with E-state index < -0.39 is 0 Å². The lowest BCUT2D eigenvalue weighted by atomic mass is 9.95. The van der Waals surface area contributed by atoms with Crippen molar-refractivity contribution in [2.24, 2.45) is 5.92 Å². The summed E-state index contributed by atoms with van der Waals surface area (Å²) in [4.78, 5) is 26.5. The zero-order valence-electron chi connectivity index (χ0n) is 14.8. The Morgan fingerprint density at radius 3 is 2.62 bits per heavy atom. The van der Waals surface area contributed by atoms with E-state index in [4.69, 9.17) is 11.6 Å². The summed E-state index contributed by atoms with van der Waals surface area (Å²) in [6.45, 7) is 3.90. The first-order chi connectivity index (χ1) is 12.6. The van der Waals surface area contributed by atoms with Crippen molar-refractivity contribution in [1.82, 2.24) is 20.4 Å². The monoisotopic (exact) mass is 374 g/mol. The van der Waals surface area contributed by atoms with Crippen LogP contribution in [0.1, 0.15) is 36.7 Å². The third-order valence-corrected chi connectivity index (χ3v) is 4.90. The molecule has 7 heteroatoms. The molecule has 26 heavy (non-hydrogen) atoms. The lowest BCUT2D eigenvalue weighted by Gasteiger charge is -2.31. The average molecular weight is 375 g/mol. The van der Waals surface area contributed by atoms with Crippen LogP contribution < -0.4 is 5.32 Å². The van der Waals surface area contributed by atoms with E-state index in [0.29, 0.717) is 48.9 Å². The van der Waals surface area contributed by atoms with Crippen molar-refractivity contribution in [3.8, 4) is 11.3 Å². The number of benzene rings is 1. The van der Waals surface area contributed by atoms with Crippen molar-refractivity contribution in [3.63, 3.8) is 0 Å². The Morgan fingerprint density at radius 1 is 1.27 bits per heavy atom. The molecule has 6 nitrogen and oxygen atoms in total. The van der Waals surface area contributed by atoms with E-state index in [2.05, 4.69) is 15.5 Å². The molecule has 1 aromatic carbocycles. The molecule has 1 aliphatic rings. The molecule has 2 N–H and O–H groups in total. The van der Waals surface area contributed by atoms with Crippen LogP contribution in [-0.4, -0.2) is 46.5 Å². The Balaban J connectivity index is 1.59. The molecule has 3 rings (SSSR count). The average Bonchev–Trinajstić information content (AvgIpc) is 3.16. The first-order valence-corrected chi connectivity index (χ1v) is 9.34. The summed E-state index contributed by atoms with van der Waals surface area (Å²) in [5.74, 6) is 0.0210. The van der Waals surface area contributed by atoms with Gasteiger partial charge in [-0.15, -0.1) is 0 Å². The summed E-state index contributed by atoms with van der Waals surface area (Å²) >= 11 is 5.90. The van der Waals surface area contributed by atoms with Crippen molar-refractivity contribution >= 4 is 23.4 Å². The standard InChI is InChI=1S/C19H23ClN4O2/c1-2-9-21-18(25)14-7-10-24(11-8-14)19(26)17-12-16(22-23-17)13-3-5-15(20)6-4-13/h3-6,12,14H,2,7-11H2,1H3,(H,21,25)(H,22,23). The Morgan fingerprint density at radius 2 is 1.96 bits per heavy atom. The van der Waals surface area contributed by atoms with Crippen LogP contribution in [0.15, 0.2) is 30.3 Å². The number of carbonyl (C=O) groups excluding carboxylic acids is 2. The van der Waals surface area contributed by atoms with Gasteiger partial charge in [0, 0.05) is 36.1 Å². The van der Waals surface area contributed by atoms with Crippen LogP contribution in [-0.2, 0) is 4.79 Å². The van der Waals surface area contributed by atoms with Crippen LogP contribution in [0.5, 0.6) is 0 Å². The second kappa shape index (κ2) is 8.36. The van der Waals surface area contributed by atoms with Gasteiger partial charge in [-0.2, -0.15) is 5.10 Å². The van der Waals surface area contributed by atoms with Gasteiger partial charge in [0.05, 0.1) is 5.69 Å². The highest BCUT2D eigenvalue weighted by atomic mass is 35.5. The number of nitrogens with one attached hydrogen (secondary N) is 2. The van der Waals surface area contributed by atoms with Gasteiger partial charge in [0.2, 0.25) is 5.91 Å². The minimum atomic E-state index is -0.0786. The van der Waals surface area contributed by atoms with Crippen molar-refractivity contribution in [2.45, 2.75) is 26.2 Å². The molecule has 2 amide bonds. The molecule has 0 atom stereocenters. The quantitative estimate of drug-likeness (QED) is 0.844. The molecule has 0 unspecified atom stereocenters. The van der Waals surface area contributed by atoms with Crippen molar-refractivity contribution in [3.05, 3.63) is 41.0 Å². The third kappa shape index (κ3) is 4.25. The zero-order valence-corrected chi connectivity index (χ0v) is 15.6. The van der Waals surface area contributed by atoms with Crippen LogP contribution in [0, 0.1) is 5.92 Å². The topological polar surface area (TPSA) is 78.1 Å². The van der Waals surface area contributed by atoms with Crippen LogP contribution in [0.25, 0.3) is 11.3 Å². The summed E-state index contributed by atoms with van der Waals surface area (Å²) < 4.78 is 0. The second-order valence-corrected chi connectivity index (χ2v) is 6.97. The number of hydrogen-bond donors (Lipinski definition) is 2. The van der Waals surface area contributed by atoms with Crippen LogP contribution >= 0.6 is 11.6 Å². The molecular formula is C19H23ClN4O2. The van der Waals surface area contributed by atoms with E-state index in [1.165, 1.54) is 0 Å². The predicted molar refractivity (Wildman–Crippen MR) is 101 cm³/mol. The number of carbonyl (C=O) groups is 2. The van der Waals surface area contributed by atoms with Gasteiger partial charge < -0.3 is 10.2 Å². The molecule has 0 spiro atoms. The molecule has 1 fully saturated rings. The van der Waals surface area contributed by atoms with Gasteiger partial charge >= 0.3 is 0 Å². The van der Waals surface area contributed by atoms with Gasteiger partial charge in [-0.05, 0) is 37.5 Å². The minimum absolute atomic E-state index is 0.00278. The van der Waals surface area contributed by atoms with Crippen LogP contribution in [0.2, 0.25) is 5.02 Å². The van der Waals surface area contributed by atoms with Crippen molar-refractivity contribution < 1.29 is 9.59 Å². The van der Waals surface area contributed by atoms with E-state index in [0.717, 1.165) is 12.0 Å². The second-order valence-electron chi connectivity index (χ2n) is 6.53. The van der Waals surface area contributed by atoms with Crippen molar-refractivity contribution in [2.75, 3.05) is 19.6 Å². The van der Waals surface area contributed by atoms with E-state index >= 15 is 0 Å². The van der Waals surface area contributed by atoms with E-state index in [1.54, 1.807) is 23.1 Å². The minimum Gasteiger partial charge on any atom is -0.356 e.